The lowest BCUT2D eigenvalue weighted by Crippen LogP contribution is -2.28. The summed E-state index contributed by atoms with van der Waals surface area (Å²) >= 11 is 0. The van der Waals surface area contributed by atoms with Crippen LogP contribution in [0.1, 0.15) is 39.5 Å². The van der Waals surface area contributed by atoms with Crippen LogP contribution in [0.2, 0.25) is 0 Å². The Morgan fingerprint density at radius 2 is 2.29 bits per heavy atom. The standard InChI is InChI=1S/C10H17NO3/c1-10(2)6-7(11-9(10)14)4-3-5-8(12)13/h7H,3-6H2,1-2H3,(H,11,14)(H,12,13). The molecule has 1 atom stereocenters. The molecule has 1 heterocycles. The minimum absolute atomic E-state index is 0.0813. The summed E-state index contributed by atoms with van der Waals surface area (Å²) in [6.07, 6.45) is 2.40. The maximum Gasteiger partial charge on any atom is 0.303 e. The second-order valence-corrected chi connectivity index (χ2v) is 4.54. The molecule has 14 heavy (non-hydrogen) atoms. The predicted molar refractivity (Wildman–Crippen MR) is 51.8 cm³/mol. The first-order valence-corrected chi connectivity index (χ1v) is 4.94. The van der Waals surface area contributed by atoms with Gasteiger partial charge in [0, 0.05) is 17.9 Å². The molecule has 0 aromatic rings. The summed E-state index contributed by atoms with van der Waals surface area (Å²) in [5.41, 5.74) is -0.284. The number of carbonyl (C=O) groups excluding carboxylic acids is 1. The number of rotatable bonds is 4. The Morgan fingerprint density at radius 3 is 2.71 bits per heavy atom. The Morgan fingerprint density at radius 1 is 1.64 bits per heavy atom. The van der Waals surface area contributed by atoms with Gasteiger partial charge in [-0.2, -0.15) is 0 Å². The van der Waals surface area contributed by atoms with Gasteiger partial charge >= 0.3 is 5.97 Å². The van der Waals surface area contributed by atoms with Gasteiger partial charge in [-0.15, -0.1) is 0 Å². The van der Waals surface area contributed by atoms with E-state index in [1.807, 2.05) is 13.8 Å². The van der Waals surface area contributed by atoms with Crippen LogP contribution in [0.3, 0.4) is 0 Å². The minimum atomic E-state index is -0.770. The highest BCUT2D eigenvalue weighted by Gasteiger charge is 2.38. The van der Waals surface area contributed by atoms with Crippen LogP contribution in [-0.2, 0) is 9.59 Å². The quantitative estimate of drug-likeness (QED) is 0.714. The van der Waals surface area contributed by atoms with Crippen molar-refractivity contribution in [3.8, 4) is 0 Å². The average Bonchev–Trinajstić information content (AvgIpc) is 2.25. The van der Waals surface area contributed by atoms with Gasteiger partial charge < -0.3 is 10.4 Å². The van der Waals surface area contributed by atoms with Crippen LogP contribution in [0.4, 0.5) is 0 Å². The van der Waals surface area contributed by atoms with Crippen molar-refractivity contribution in [3.63, 3.8) is 0 Å². The molecule has 1 aliphatic heterocycles. The fourth-order valence-electron chi connectivity index (χ4n) is 1.81. The first kappa shape index (κ1) is 11.0. The number of carbonyl (C=O) groups is 2. The summed E-state index contributed by atoms with van der Waals surface area (Å²) in [6, 6.07) is 0.164. The van der Waals surface area contributed by atoms with Crippen LogP contribution in [0, 0.1) is 5.41 Å². The maximum atomic E-state index is 11.4. The Balaban J connectivity index is 2.29. The van der Waals surface area contributed by atoms with Gasteiger partial charge in [-0.05, 0) is 19.3 Å². The topological polar surface area (TPSA) is 66.4 Å². The Labute approximate surface area is 83.7 Å². The van der Waals surface area contributed by atoms with Crippen LogP contribution in [0.25, 0.3) is 0 Å². The third kappa shape index (κ3) is 2.72. The molecule has 2 N–H and O–H groups in total. The van der Waals surface area contributed by atoms with Crippen molar-refractivity contribution in [2.75, 3.05) is 0 Å². The van der Waals surface area contributed by atoms with Crippen LogP contribution < -0.4 is 5.32 Å². The summed E-state index contributed by atoms with van der Waals surface area (Å²) in [6.45, 7) is 3.83. The van der Waals surface area contributed by atoms with Gasteiger partial charge in [-0.3, -0.25) is 9.59 Å². The number of amides is 1. The molecular formula is C10H17NO3. The normalized spacial score (nSPS) is 24.7. The van der Waals surface area contributed by atoms with E-state index in [9.17, 15) is 9.59 Å². The Bertz CT molecular complexity index is 248. The predicted octanol–water partition coefficient (Wildman–Crippen LogP) is 1.16. The molecule has 4 nitrogen and oxygen atoms in total. The number of aliphatic carboxylic acids is 1. The van der Waals surface area contributed by atoms with E-state index in [-0.39, 0.29) is 23.8 Å². The average molecular weight is 199 g/mol. The number of carboxylic acids is 1. The van der Waals surface area contributed by atoms with E-state index in [2.05, 4.69) is 5.32 Å². The zero-order chi connectivity index (χ0) is 10.8. The van der Waals surface area contributed by atoms with Gasteiger partial charge in [0.05, 0.1) is 0 Å². The van der Waals surface area contributed by atoms with Crippen LogP contribution in [0.15, 0.2) is 0 Å². The van der Waals surface area contributed by atoms with Gasteiger partial charge in [-0.25, -0.2) is 0 Å². The number of hydrogen-bond donors (Lipinski definition) is 2. The first-order chi connectivity index (χ1) is 6.42. The number of hydrogen-bond acceptors (Lipinski definition) is 2. The smallest absolute Gasteiger partial charge is 0.303 e. The van der Waals surface area contributed by atoms with E-state index >= 15 is 0 Å². The molecular weight excluding hydrogens is 182 g/mol. The van der Waals surface area contributed by atoms with E-state index in [1.165, 1.54) is 0 Å². The molecule has 0 aromatic heterocycles. The van der Waals surface area contributed by atoms with Gasteiger partial charge in [-0.1, -0.05) is 13.8 Å². The van der Waals surface area contributed by atoms with Crippen LogP contribution >= 0.6 is 0 Å². The molecule has 1 aliphatic rings. The summed E-state index contributed by atoms with van der Waals surface area (Å²) in [5.74, 6) is -0.689. The van der Waals surface area contributed by atoms with E-state index in [4.69, 9.17) is 5.11 Å². The second kappa shape index (κ2) is 3.98. The molecule has 0 aromatic carbocycles. The van der Waals surface area contributed by atoms with Crippen molar-refractivity contribution < 1.29 is 14.7 Å². The number of carboxylic acid groups (broad SMARTS) is 1. The van der Waals surface area contributed by atoms with Crippen molar-refractivity contribution in [3.05, 3.63) is 0 Å². The molecule has 0 aliphatic carbocycles. The highest BCUT2D eigenvalue weighted by atomic mass is 16.4. The number of nitrogens with one attached hydrogen (secondary N) is 1. The monoisotopic (exact) mass is 199 g/mol. The minimum Gasteiger partial charge on any atom is -0.481 e. The van der Waals surface area contributed by atoms with Crippen molar-refractivity contribution in [2.24, 2.45) is 5.41 Å². The molecule has 80 valence electrons. The second-order valence-electron chi connectivity index (χ2n) is 4.54. The fraction of sp³-hybridized carbons (Fsp3) is 0.800. The summed E-state index contributed by atoms with van der Waals surface area (Å²) in [4.78, 5) is 21.7. The zero-order valence-corrected chi connectivity index (χ0v) is 8.67. The third-order valence-corrected chi connectivity index (χ3v) is 2.65. The largest absolute Gasteiger partial charge is 0.481 e. The third-order valence-electron chi connectivity index (χ3n) is 2.65. The van der Waals surface area contributed by atoms with Crippen molar-refractivity contribution in [2.45, 2.75) is 45.6 Å². The molecule has 0 spiro atoms. The lowest BCUT2D eigenvalue weighted by Gasteiger charge is -2.12. The highest BCUT2D eigenvalue weighted by molar-refractivity contribution is 5.84. The molecule has 0 saturated carbocycles. The van der Waals surface area contributed by atoms with E-state index in [0.29, 0.717) is 6.42 Å². The van der Waals surface area contributed by atoms with E-state index in [1.54, 1.807) is 0 Å². The summed E-state index contributed by atoms with van der Waals surface area (Å²) in [5, 5.41) is 11.3. The summed E-state index contributed by atoms with van der Waals surface area (Å²) in [7, 11) is 0. The van der Waals surface area contributed by atoms with E-state index in [0.717, 1.165) is 12.8 Å². The SMILES string of the molecule is CC1(C)CC(CCCC(=O)O)NC1=O. The molecule has 0 radical (unpaired) electrons. The van der Waals surface area contributed by atoms with Crippen molar-refractivity contribution in [1.82, 2.24) is 5.32 Å². The molecule has 4 heteroatoms. The Hall–Kier alpha value is -1.06. The van der Waals surface area contributed by atoms with Crippen molar-refractivity contribution in [1.29, 1.82) is 0 Å². The van der Waals surface area contributed by atoms with Crippen LogP contribution in [-0.4, -0.2) is 23.0 Å². The lowest BCUT2D eigenvalue weighted by molar-refractivity contribution is -0.137. The molecule has 1 unspecified atom stereocenters. The van der Waals surface area contributed by atoms with Gasteiger partial charge in [0.2, 0.25) is 5.91 Å². The summed E-state index contributed by atoms with van der Waals surface area (Å²) < 4.78 is 0. The fourth-order valence-corrected chi connectivity index (χ4v) is 1.81. The molecule has 1 amide bonds. The highest BCUT2D eigenvalue weighted by Crippen LogP contribution is 2.30. The van der Waals surface area contributed by atoms with Crippen LogP contribution in [0.5, 0.6) is 0 Å². The first-order valence-electron chi connectivity index (χ1n) is 4.94. The van der Waals surface area contributed by atoms with Gasteiger partial charge in [0.15, 0.2) is 0 Å². The zero-order valence-electron chi connectivity index (χ0n) is 8.67. The molecule has 1 fully saturated rings. The van der Waals surface area contributed by atoms with Gasteiger partial charge in [0.25, 0.3) is 0 Å². The maximum absolute atomic E-state index is 11.4. The molecule has 0 bridgehead atoms. The van der Waals surface area contributed by atoms with Crippen molar-refractivity contribution >= 4 is 11.9 Å². The molecule has 1 rings (SSSR count). The lowest BCUT2D eigenvalue weighted by atomic mass is 9.89. The molecule has 1 saturated heterocycles. The van der Waals surface area contributed by atoms with Gasteiger partial charge in [0.1, 0.15) is 0 Å². The van der Waals surface area contributed by atoms with E-state index < -0.39 is 5.97 Å². The Kier molecular flexibility index (Phi) is 3.13.